The van der Waals surface area contributed by atoms with Gasteiger partial charge < -0.3 is 16.0 Å². The molecule has 4 heteroatoms. The number of guanidine groups is 1. The van der Waals surface area contributed by atoms with Crippen LogP contribution in [-0.2, 0) is 0 Å². The van der Waals surface area contributed by atoms with Crippen LogP contribution in [0, 0.1) is 0 Å². The van der Waals surface area contributed by atoms with Crippen molar-refractivity contribution in [2.75, 3.05) is 33.7 Å². The number of aliphatic imine (C=N–C) groups is 1. The van der Waals surface area contributed by atoms with Gasteiger partial charge in [-0.05, 0) is 39.9 Å². The Balaban J connectivity index is 3.27. The number of hydrogen-bond acceptors (Lipinski definition) is 2. The van der Waals surface area contributed by atoms with Gasteiger partial charge in [0.25, 0.3) is 0 Å². The second-order valence-electron chi connectivity index (χ2n) is 5.83. The molecule has 120 valence electrons. The number of nitrogens with zero attached hydrogens (tertiary/aromatic N) is 2. The van der Waals surface area contributed by atoms with E-state index in [1.165, 1.54) is 57.9 Å². The average Bonchev–Trinajstić information content (AvgIpc) is 2.41. The Morgan fingerprint density at radius 2 is 1.60 bits per heavy atom. The molecule has 0 radical (unpaired) electrons. The number of nitrogens with two attached hydrogens (primary N) is 1. The van der Waals surface area contributed by atoms with E-state index in [2.05, 4.69) is 36.2 Å². The molecular formula is C16H36N4. The molecule has 4 nitrogen and oxygen atoms in total. The van der Waals surface area contributed by atoms with Crippen LogP contribution in [0.1, 0.15) is 64.7 Å². The Hall–Kier alpha value is -0.770. The van der Waals surface area contributed by atoms with Crippen LogP contribution in [0.15, 0.2) is 4.99 Å². The molecule has 0 aromatic heterocycles. The minimum atomic E-state index is 0.620. The summed E-state index contributed by atoms with van der Waals surface area (Å²) < 4.78 is 0. The lowest BCUT2D eigenvalue weighted by Gasteiger charge is -2.08. The second-order valence-corrected chi connectivity index (χ2v) is 5.83. The SMILES string of the molecule is CCCCCCNC(N)=NCCCCCCCN(C)C. The maximum atomic E-state index is 5.82. The first-order chi connectivity index (χ1) is 9.66. The normalized spacial score (nSPS) is 12.1. The van der Waals surface area contributed by atoms with Gasteiger partial charge in [0.15, 0.2) is 5.96 Å². The predicted molar refractivity (Wildman–Crippen MR) is 90.3 cm³/mol. The summed E-state index contributed by atoms with van der Waals surface area (Å²) in [5.41, 5.74) is 5.82. The van der Waals surface area contributed by atoms with Crippen molar-refractivity contribution in [1.29, 1.82) is 0 Å². The number of rotatable bonds is 13. The van der Waals surface area contributed by atoms with Crippen LogP contribution in [0.2, 0.25) is 0 Å². The lowest BCUT2D eigenvalue weighted by molar-refractivity contribution is 0.390. The maximum absolute atomic E-state index is 5.82. The highest BCUT2D eigenvalue weighted by Gasteiger charge is 1.94. The molecule has 0 aromatic carbocycles. The molecule has 0 aromatic rings. The van der Waals surface area contributed by atoms with Gasteiger partial charge >= 0.3 is 0 Å². The summed E-state index contributed by atoms with van der Waals surface area (Å²) in [5.74, 6) is 0.620. The Labute approximate surface area is 126 Å². The molecule has 0 fully saturated rings. The molecule has 0 heterocycles. The van der Waals surface area contributed by atoms with E-state index in [-0.39, 0.29) is 0 Å². The van der Waals surface area contributed by atoms with Crippen molar-refractivity contribution in [3.8, 4) is 0 Å². The van der Waals surface area contributed by atoms with E-state index in [1.807, 2.05) is 0 Å². The van der Waals surface area contributed by atoms with Crippen LogP contribution >= 0.6 is 0 Å². The van der Waals surface area contributed by atoms with Crippen LogP contribution in [0.4, 0.5) is 0 Å². The summed E-state index contributed by atoms with van der Waals surface area (Å²) in [6.07, 6.45) is 11.4. The van der Waals surface area contributed by atoms with E-state index in [1.54, 1.807) is 0 Å². The van der Waals surface area contributed by atoms with E-state index in [9.17, 15) is 0 Å². The van der Waals surface area contributed by atoms with E-state index in [4.69, 9.17) is 5.73 Å². The van der Waals surface area contributed by atoms with Crippen molar-refractivity contribution in [3.05, 3.63) is 0 Å². The topological polar surface area (TPSA) is 53.6 Å². The van der Waals surface area contributed by atoms with Gasteiger partial charge in [0.05, 0.1) is 0 Å². The monoisotopic (exact) mass is 284 g/mol. The minimum absolute atomic E-state index is 0.620. The summed E-state index contributed by atoms with van der Waals surface area (Å²) >= 11 is 0. The van der Waals surface area contributed by atoms with E-state index < -0.39 is 0 Å². The molecule has 20 heavy (non-hydrogen) atoms. The molecule has 0 amide bonds. The summed E-state index contributed by atoms with van der Waals surface area (Å²) in [6, 6.07) is 0. The molecule has 0 spiro atoms. The smallest absolute Gasteiger partial charge is 0.188 e. The first-order valence-corrected chi connectivity index (χ1v) is 8.35. The van der Waals surface area contributed by atoms with Crippen molar-refractivity contribution in [2.24, 2.45) is 10.7 Å². The standard InChI is InChI=1S/C16H36N4/c1-4-5-6-10-13-18-16(17)19-14-11-8-7-9-12-15-20(2)3/h4-15H2,1-3H3,(H3,17,18,19). The van der Waals surface area contributed by atoms with Crippen molar-refractivity contribution >= 4 is 5.96 Å². The van der Waals surface area contributed by atoms with Gasteiger partial charge in [-0.15, -0.1) is 0 Å². The molecule has 0 aliphatic heterocycles. The highest BCUT2D eigenvalue weighted by Crippen LogP contribution is 2.03. The molecule has 0 saturated heterocycles. The van der Waals surface area contributed by atoms with Gasteiger partial charge in [0.2, 0.25) is 0 Å². The van der Waals surface area contributed by atoms with Crippen LogP contribution in [0.25, 0.3) is 0 Å². The molecule has 3 N–H and O–H groups in total. The van der Waals surface area contributed by atoms with E-state index in [0.717, 1.165) is 19.5 Å². The summed E-state index contributed by atoms with van der Waals surface area (Å²) in [5, 5.41) is 3.19. The first kappa shape index (κ1) is 19.2. The zero-order valence-electron chi connectivity index (χ0n) is 14.0. The minimum Gasteiger partial charge on any atom is -0.370 e. The Morgan fingerprint density at radius 3 is 2.30 bits per heavy atom. The van der Waals surface area contributed by atoms with Gasteiger partial charge in [-0.2, -0.15) is 0 Å². The summed E-state index contributed by atoms with van der Waals surface area (Å²) in [4.78, 5) is 6.61. The lowest BCUT2D eigenvalue weighted by atomic mass is 10.1. The fourth-order valence-corrected chi connectivity index (χ4v) is 2.09. The molecule has 0 aliphatic carbocycles. The number of unbranched alkanes of at least 4 members (excludes halogenated alkanes) is 7. The first-order valence-electron chi connectivity index (χ1n) is 8.35. The Kier molecular flexibility index (Phi) is 14.1. The Bertz CT molecular complexity index is 227. The fourth-order valence-electron chi connectivity index (χ4n) is 2.09. The largest absolute Gasteiger partial charge is 0.370 e. The molecule has 0 atom stereocenters. The predicted octanol–water partition coefficient (Wildman–Crippen LogP) is 2.98. The summed E-state index contributed by atoms with van der Waals surface area (Å²) in [7, 11) is 4.26. The van der Waals surface area contributed by atoms with Gasteiger partial charge in [0.1, 0.15) is 0 Å². The van der Waals surface area contributed by atoms with Gasteiger partial charge in [-0.25, -0.2) is 0 Å². The second kappa shape index (κ2) is 14.6. The van der Waals surface area contributed by atoms with E-state index in [0.29, 0.717) is 5.96 Å². The number of hydrogen-bond donors (Lipinski definition) is 2. The fraction of sp³-hybridized carbons (Fsp3) is 0.938. The van der Waals surface area contributed by atoms with Crippen molar-refractivity contribution in [3.63, 3.8) is 0 Å². The summed E-state index contributed by atoms with van der Waals surface area (Å²) in [6.45, 7) is 5.25. The zero-order chi connectivity index (χ0) is 15.1. The van der Waals surface area contributed by atoms with Gasteiger partial charge in [-0.3, -0.25) is 4.99 Å². The molecule has 0 bridgehead atoms. The molecular weight excluding hydrogens is 248 g/mol. The van der Waals surface area contributed by atoms with Crippen molar-refractivity contribution in [2.45, 2.75) is 64.7 Å². The molecule has 0 unspecified atom stereocenters. The third-order valence-corrected chi connectivity index (χ3v) is 3.38. The molecule has 0 aliphatic rings. The highest BCUT2D eigenvalue weighted by atomic mass is 15.1. The molecule has 0 saturated carbocycles. The van der Waals surface area contributed by atoms with Gasteiger partial charge in [-0.1, -0.05) is 45.4 Å². The van der Waals surface area contributed by atoms with Crippen molar-refractivity contribution in [1.82, 2.24) is 10.2 Å². The van der Waals surface area contributed by atoms with Crippen LogP contribution in [-0.4, -0.2) is 44.6 Å². The van der Waals surface area contributed by atoms with E-state index >= 15 is 0 Å². The average molecular weight is 284 g/mol. The maximum Gasteiger partial charge on any atom is 0.188 e. The zero-order valence-corrected chi connectivity index (χ0v) is 14.0. The third-order valence-electron chi connectivity index (χ3n) is 3.38. The Morgan fingerprint density at radius 1 is 0.950 bits per heavy atom. The van der Waals surface area contributed by atoms with Crippen LogP contribution in [0.5, 0.6) is 0 Å². The highest BCUT2D eigenvalue weighted by molar-refractivity contribution is 5.77. The van der Waals surface area contributed by atoms with Crippen molar-refractivity contribution < 1.29 is 0 Å². The molecule has 0 rings (SSSR count). The third kappa shape index (κ3) is 15.3. The van der Waals surface area contributed by atoms with Gasteiger partial charge in [0, 0.05) is 13.1 Å². The van der Waals surface area contributed by atoms with Crippen LogP contribution in [0.3, 0.4) is 0 Å². The quantitative estimate of drug-likeness (QED) is 0.310. The van der Waals surface area contributed by atoms with Crippen LogP contribution < -0.4 is 11.1 Å². The number of nitrogens with one attached hydrogen (secondary N) is 1. The lowest BCUT2D eigenvalue weighted by Crippen LogP contribution is -2.32.